The maximum atomic E-state index is 12.5. The second-order valence-electron chi connectivity index (χ2n) is 6.75. The topological polar surface area (TPSA) is 67.4 Å². The Morgan fingerprint density at radius 3 is 2.14 bits per heavy atom. The van der Waals surface area contributed by atoms with Gasteiger partial charge in [0, 0.05) is 29.8 Å². The van der Waals surface area contributed by atoms with Crippen LogP contribution < -0.4 is 15.4 Å². The van der Waals surface area contributed by atoms with Crippen LogP contribution in [-0.4, -0.2) is 18.9 Å². The molecule has 0 radical (unpaired) electrons. The zero-order valence-corrected chi connectivity index (χ0v) is 16.6. The Morgan fingerprint density at radius 2 is 1.45 bits per heavy atom. The van der Waals surface area contributed by atoms with Crippen LogP contribution in [0.1, 0.15) is 37.4 Å². The minimum atomic E-state index is -0.246. The molecular formula is C24H24N2O3. The molecule has 3 rings (SSSR count). The van der Waals surface area contributed by atoms with E-state index in [1.54, 1.807) is 31.4 Å². The van der Waals surface area contributed by atoms with Crippen molar-refractivity contribution in [1.82, 2.24) is 10.6 Å². The maximum absolute atomic E-state index is 12.5. The molecule has 3 aromatic rings. The molecule has 0 bridgehead atoms. The molecule has 0 fully saturated rings. The minimum absolute atomic E-state index is 0.217. The molecule has 0 aliphatic carbocycles. The van der Waals surface area contributed by atoms with Crippen LogP contribution in [0.15, 0.2) is 72.8 Å². The summed E-state index contributed by atoms with van der Waals surface area (Å²) in [6.45, 7) is 2.79. The van der Waals surface area contributed by atoms with E-state index < -0.39 is 0 Å². The van der Waals surface area contributed by atoms with Crippen molar-refractivity contribution in [2.24, 2.45) is 0 Å². The maximum Gasteiger partial charge on any atom is 0.251 e. The fourth-order valence-corrected chi connectivity index (χ4v) is 3.03. The number of carbonyl (C=O) groups excluding carboxylic acids is 2. The van der Waals surface area contributed by atoms with Crippen LogP contribution in [-0.2, 0) is 13.1 Å². The molecule has 0 atom stereocenters. The van der Waals surface area contributed by atoms with Gasteiger partial charge >= 0.3 is 0 Å². The Hall–Kier alpha value is -3.60. The third-order valence-electron chi connectivity index (χ3n) is 4.55. The standard InChI is InChI=1S/C24H24N2O3/c1-17-7-5-8-18(13-17)15-25-23(27)19-10-6-11-20(14-19)24(28)26-16-21-9-3-4-12-22(21)29-2/h3-14H,15-16H2,1-2H3,(H,25,27)(H,26,28). The van der Waals surface area contributed by atoms with Crippen molar-refractivity contribution in [3.05, 3.63) is 101 Å². The molecule has 0 aliphatic rings. The van der Waals surface area contributed by atoms with Gasteiger partial charge < -0.3 is 15.4 Å². The summed E-state index contributed by atoms with van der Waals surface area (Å²) in [7, 11) is 1.60. The molecule has 0 spiro atoms. The van der Waals surface area contributed by atoms with E-state index >= 15 is 0 Å². The number of amides is 2. The Bertz CT molecular complexity index is 1010. The molecule has 2 amide bonds. The van der Waals surface area contributed by atoms with Gasteiger partial charge in [-0.2, -0.15) is 0 Å². The van der Waals surface area contributed by atoms with E-state index in [2.05, 4.69) is 10.6 Å². The second kappa shape index (κ2) is 9.55. The van der Waals surface area contributed by atoms with Crippen LogP contribution in [0.2, 0.25) is 0 Å². The van der Waals surface area contributed by atoms with Crippen molar-refractivity contribution in [3.8, 4) is 5.75 Å². The summed E-state index contributed by atoms with van der Waals surface area (Å²) < 4.78 is 5.30. The average molecular weight is 388 g/mol. The first-order valence-corrected chi connectivity index (χ1v) is 9.40. The van der Waals surface area contributed by atoms with Crippen LogP contribution in [0.3, 0.4) is 0 Å². The first-order chi connectivity index (χ1) is 14.1. The lowest BCUT2D eigenvalue weighted by Gasteiger charge is -2.10. The van der Waals surface area contributed by atoms with E-state index in [9.17, 15) is 9.59 Å². The summed E-state index contributed by atoms with van der Waals surface area (Å²) in [6, 6.07) is 22.2. The number of nitrogens with one attached hydrogen (secondary N) is 2. The molecule has 0 saturated carbocycles. The van der Waals surface area contributed by atoms with E-state index in [4.69, 9.17) is 4.74 Å². The van der Waals surface area contributed by atoms with Crippen LogP contribution in [0.25, 0.3) is 0 Å². The SMILES string of the molecule is COc1ccccc1CNC(=O)c1cccc(C(=O)NCc2cccc(C)c2)c1. The number of aryl methyl sites for hydroxylation is 1. The predicted octanol–water partition coefficient (Wildman–Crippen LogP) is 3.86. The Kier molecular flexibility index (Phi) is 6.63. The second-order valence-corrected chi connectivity index (χ2v) is 6.75. The molecule has 0 heterocycles. The van der Waals surface area contributed by atoms with Gasteiger partial charge in [-0.05, 0) is 36.8 Å². The van der Waals surface area contributed by atoms with Crippen LogP contribution in [0.4, 0.5) is 0 Å². The molecule has 0 saturated heterocycles. The van der Waals surface area contributed by atoms with Gasteiger partial charge in [-0.3, -0.25) is 9.59 Å². The number of para-hydroxylation sites is 1. The molecule has 0 unspecified atom stereocenters. The average Bonchev–Trinajstić information content (AvgIpc) is 2.76. The first kappa shape index (κ1) is 20.1. The van der Waals surface area contributed by atoms with Crippen LogP contribution >= 0.6 is 0 Å². The highest BCUT2D eigenvalue weighted by molar-refractivity contribution is 5.99. The molecule has 3 aromatic carbocycles. The van der Waals surface area contributed by atoms with Crippen molar-refractivity contribution >= 4 is 11.8 Å². The largest absolute Gasteiger partial charge is 0.496 e. The molecule has 5 heteroatoms. The smallest absolute Gasteiger partial charge is 0.251 e. The van der Waals surface area contributed by atoms with E-state index in [1.807, 2.05) is 55.5 Å². The van der Waals surface area contributed by atoms with Gasteiger partial charge in [0.05, 0.1) is 7.11 Å². The Labute approximate surface area is 170 Å². The van der Waals surface area contributed by atoms with Crippen molar-refractivity contribution in [3.63, 3.8) is 0 Å². The highest BCUT2D eigenvalue weighted by Crippen LogP contribution is 2.17. The van der Waals surface area contributed by atoms with Crippen molar-refractivity contribution < 1.29 is 14.3 Å². The molecule has 0 aromatic heterocycles. The van der Waals surface area contributed by atoms with Gasteiger partial charge in [-0.15, -0.1) is 0 Å². The third-order valence-corrected chi connectivity index (χ3v) is 4.55. The summed E-state index contributed by atoms with van der Waals surface area (Å²) in [6.07, 6.45) is 0. The monoisotopic (exact) mass is 388 g/mol. The lowest BCUT2D eigenvalue weighted by molar-refractivity contribution is 0.0950. The van der Waals surface area contributed by atoms with E-state index in [0.29, 0.717) is 24.2 Å². The van der Waals surface area contributed by atoms with Crippen LogP contribution in [0, 0.1) is 6.92 Å². The molecule has 5 nitrogen and oxygen atoms in total. The summed E-state index contributed by atoms with van der Waals surface area (Å²) in [5.74, 6) is 0.257. The van der Waals surface area contributed by atoms with Gasteiger partial charge in [0.15, 0.2) is 0 Å². The molecular weight excluding hydrogens is 364 g/mol. The number of rotatable bonds is 7. The first-order valence-electron chi connectivity index (χ1n) is 9.40. The van der Waals surface area contributed by atoms with E-state index in [1.165, 1.54) is 0 Å². The van der Waals surface area contributed by atoms with Gasteiger partial charge in [0.25, 0.3) is 11.8 Å². The zero-order chi connectivity index (χ0) is 20.6. The normalized spacial score (nSPS) is 10.3. The van der Waals surface area contributed by atoms with Gasteiger partial charge in [-0.1, -0.05) is 54.1 Å². The third kappa shape index (κ3) is 5.45. The summed E-state index contributed by atoms with van der Waals surface area (Å²) >= 11 is 0. The van der Waals surface area contributed by atoms with Gasteiger partial charge in [0.1, 0.15) is 5.75 Å². The van der Waals surface area contributed by atoms with Crippen molar-refractivity contribution in [2.75, 3.05) is 7.11 Å². The highest BCUT2D eigenvalue weighted by atomic mass is 16.5. The Balaban J connectivity index is 1.62. The molecule has 0 aliphatic heterocycles. The predicted molar refractivity (Wildman–Crippen MR) is 113 cm³/mol. The summed E-state index contributed by atoms with van der Waals surface area (Å²) in [5.41, 5.74) is 3.94. The Morgan fingerprint density at radius 1 is 0.793 bits per heavy atom. The summed E-state index contributed by atoms with van der Waals surface area (Å²) in [5, 5.41) is 5.76. The minimum Gasteiger partial charge on any atom is -0.496 e. The number of carbonyl (C=O) groups is 2. The number of ether oxygens (including phenoxy) is 1. The number of methoxy groups -OCH3 is 1. The highest BCUT2D eigenvalue weighted by Gasteiger charge is 2.11. The fraction of sp³-hybridized carbons (Fsp3) is 0.167. The lowest BCUT2D eigenvalue weighted by Crippen LogP contribution is -2.25. The van der Waals surface area contributed by atoms with Crippen LogP contribution in [0.5, 0.6) is 5.75 Å². The van der Waals surface area contributed by atoms with Crippen molar-refractivity contribution in [2.45, 2.75) is 20.0 Å². The van der Waals surface area contributed by atoms with Crippen molar-refractivity contribution in [1.29, 1.82) is 0 Å². The zero-order valence-electron chi connectivity index (χ0n) is 16.6. The van der Waals surface area contributed by atoms with E-state index in [0.717, 1.165) is 22.4 Å². The fourth-order valence-electron chi connectivity index (χ4n) is 3.03. The quantitative estimate of drug-likeness (QED) is 0.646. The van der Waals surface area contributed by atoms with Gasteiger partial charge in [0.2, 0.25) is 0 Å². The molecule has 29 heavy (non-hydrogen) atoms. The number of hydrogen-bond acceptors (Lipinski definition) is 3. The summed E-state index contributed by atoms with van der Waals surface area (Å²) in [4.78, 5) is 25.0. The lowest BCUT2D eigenvalue weighted by atomic mass is 10.1. The van der Waals surface area contributed by atoms with E-state index in [-0.39, 0.29) is 11.8 Å². The number of hydrogen-bond donors (Lipinski definition) is 2. The number of benzene rings is 3. The molecule has 148 valence electrons. The molecule has 2 N–H and O–H groups in total. The van der Waals surface area contributed by atoms with Gasteiger partial charge in [-0.25, -0.2) is 0 Å².